The van der Waals surface area contributed by atoms with Crippen LogP contribution in [-0.2, 0) is 11.3 Å². The van der Waals surface area contributed by atoms with Gasteiger partial charge in [-0.25, -0.2) is 0 Å². The molecule has 0 fully saturated rings. The standard InChI is InChI=1S/C17H16N4O2/c22-17(4-3-15-2-1-13-23-15)19-10-12-21-11-7-16(20-21)14-5-8-18-9-6-14/h1-9,11,13H,10,12H2,(H,19,22)/b4-3+. The minimum atomic E-state index is -0.164. The van der Waals surface area contributed by atoms with Crippen LogP contribution in [0, 0.1) is 0 Å². The molecule has 0 atom stereocenters. The second-order valence-electron chi connectivity index (χ2n) is 4.84. The van der Waals surface area contributed by atoms with Gasteiger partial charge in [0.05, 0.1) is 18.5 Å². The fraction of sp³-hybridized carbons (Fsp3) is 0.118. The summed E-state index contributed by atoms with van der Waals surface area (Å²) in [5, 5.41) is 7.27. The number of carbonyl (C=O) groups is 1. The summed E-state index contributed by atoms with van der Waals surface area (Å²) in [5.74, 6) is 0.483. The molecule has 0 aliphatic carbocycles. The fourth-order valence-electron chi connectivity index (χ4n) is 2.06. The first-order valence-corrected chi connectivity index (χ1v) is 7.24. The van der Waals surface area contributed by atoms with Crippen molar-refractivity contribution in [2.24, 2.45) is 0 Å². The van der Waals surface area contributed by atoms with Crippen LogP contribution in [0.2, 0.25) is 0 Å². The van der Waals surface area contributed by atoms with Crippen LogP contribution >= 0.6 is 0 Å². The summed E-state index contributed by atoms with van der Waals surface area (Å²) < 4.78 is 6.92. The largest absolute Gasteiger partial charge is 0.465 e. The molecule has 3 rings (SSSR count). The highest BCUT2D eigenvalue weighted by Gasteiger charge is 2.02. The van der Waals surface area contributed by atoms with Gasteiger partial charge in [0.1, 0.15) is 5.76 Å². The number of pyridine rings is 1. The van der Waals surface area contributed by atoms with Gasteiger partial charge in [-0.1, -0.05) is 0 Å². The topological polar surface area (TPSA) is 73.0 Å². The summed E-state index contributed by atoms with van der Waals surface area (Å²) in [6, 6.07) is 9.32. The van der Waals surface area contributed by atoms with E-state index in [1.165, 1.54) is 6.08 Å². The van der Waals surface area contributed by atoms with Crippen LogP contribution in [0.4, 0.5) is 0 Å². The minimum absolute atomic E-state index is 0.164. The lowest BCUT2D eigenvalue weighted by molar-refractivity contribution is -0.116. The van der Waals surface area contributed by atoms with Gasteiger partial charge in [-0.2, -0.15) is 5.10 Å². The number of rotatable bonds is 6. The Morgan fingerprint density at radius 3 is 2.91 bits per heavy atom. The molecule has 0 aromatic carbocycles. The van der Waals surface area contributed by atoms with Crippen LogP contribution < -0.4 is 5.32 Å². The summed E-state index contributed by atoms with van der Waals surface area (Å²) in [6.45, 7) is 1.10. The van der Waals surface area contributed by atoms with Gasteiger partial charge < -0.3 is 9.73 Å². The Morgan fingerprint density at radius 1 is 1.26 bits per heavy atom. The number of hydrogen-bond acceptors (Lipinski definition) is 4. The molecule has 3 heterocycles. The van der Waals surface area contributed by atoms with Crippen molar-refractivity contribution >= 4 is 12.0 Å². The molecule has 0 saturated heterocycles. The van der Waals surface area contributed by atoms with E-state index in [0.717, 1.165) is 11.3 Å². The monoisotopic (exact) mass is 308 g/mol. The van der Waals surface area contributed by atoms with Crippen molar-refractivity contribution in [2.45, 2.75) is 6.54 Å². The zero-order valence-corrected chi connectivity index (χ0v) is 12.4. The van der Waals surface area contributed by atoms with Crippen molar-refractivity contribution in [1.82, 2.24) is 20.1 Å². The second-order valence-corrected chi connectivity index (χ2v) is 4.84. The van der Waals surface area contributed by atoms with Gasteiger partial charge in [0.2, 0.25) is 5.91 Å². The van der Waals surface area contributed by atoms with Gasteiger partial charge in [-0.05, 0) is 36.4 Å². The van der Waals surface area contributed by atoms with E-state index in [-0.39, 0.29) is 5.91 Å². The van der Waals surface area contributed by atoms with Gasteiger partial charge in [0, 0.05) is 36.8 Å². The molecule has 1 N–H and O–H groups in total. The molecule has 116 valence electrons. The minimum Gasteiger partial charge on any atom is -0.465 e. The summed E-state index contributed by atoms with van der Waals surface area (Å²) >= 11 is 0. The van der Waals surface area contributed by atoms with Crippen molar-refractivity contribution in [3.63, 3.8) is 0 Å². The lowest BCUT2D eigenvalue weighted by Gasteiger charge is -2.02. The highest BCUT2D eigenvalue weighted by Crippen LogP contribution is 2.14. The Morgan fingerprint density at radius 2 is 2.13 bits per heavy atom. The zero-order chi connectivity index (χ0) is 15.9. The Balaban J connectivity index is 1.48. The van der Waals surface area contributed by atoms with Crippen LogP contribution in [0.3, 0.4) is 0 Å². The maximum absolute atomic E-state index is 11.7. The number of hydrogen-bond donors (Lipinski definition) is 1. The molecular formula is C17H16N4O2. The van der Waals surface area contributed by atoms with Gasteiger partial charge in [0.25, 0.3) is 0 Å². The highest BCUT2D eigenvalue weighted by atomic mass is 16.3. The lowest BCUT2D eigenvalue weighted by atomic mass is 10.2. The molecule has 0 bridgehead atoms. The molecule has 0 aliphatic heterocycles. The van der Waals surface area contributed by atoms with Crippen LogP contribution in [0.1, 0.15) is 5.76 Å². The van der Waals surface area contributed by atoms with Gasteiger partial charge in [-0.15, -0.1) is 0 Å². The van der Waals surface area contributed by atoms with E-state index >= 15 is 0 Å². The van der Waals surface area contributed by atoms with Crippen molar-refractivity contribution in [2.75, 3.05) is 6.54 Å². The molecule has 6 nitrogen and oxygen atoms in total. The van der Waals surface area contributed by atoms with E-state index < -0.39 is 0 Å². The summed E-state index contributed by atoms with van der Waals surface area (Å²) in [6.07, 6.45) is 10.0. The van der Waals surface area contributed by atoms with Crippen LogP contribution in [-0.4, -0.2) is 27.2 Å². The zero-order valence-electron chi connectivity index (χ0n) is 12.4. The number of carbonyl (C=O) groups excluding carboxylic acids is 1. The maximum atomic E-state index is 11.7. The second kappa shape index (κ2) is 7.22. The molecule has 0 unspecified atom stereocenters. The molecule has 6 heteroatoms. The maximum Gasteiger partial charge on any atom is 0.244 e. The number of furan rings is 1. The molecular weight excluding hydrogens is 292 g/mol. The smallest absolute Gasteiger partial charge is 0.244 e. The predicted molar refractivity (Wildman–Crippen MR) is 86.2 cm³/mol. The van der Waals surface area contributed by atoms with Crippen LogP contribution in [0.15, 0.2) is 65.7 Å². The van der Waals surface area contributed by atoms with E-state index in [1.807, 2.05) is 24.4 Å². The third kappa shape index (κ3) is 4.16. The molecule has 1 amide bonds. The Hall–Kier alpha value is -3.15. The van der Waals surface area contributed by atoms with Crippen molar-refractivity contribution in [1.29, 1.82) is 0 Å². The molecule has 3 aromatic heterocycles. The fourth-order valence-corrected chi connectivity index (χ4v) is 2.06. The third-order valence-electron chi connectivity index (χ3n) is 3.20. The van der Waals surface area contributed by atoms with E-state index in [4.69, 9.17) is 4.42 Å². The predicted octanol–water partition coefficient (Wildman–Crippen LogP) is 2.37. The summed E-state index contributed by atoms with van der Waals surface area (Å²) in [5.41, 5.74) is 1.90. The van der Waals surface area contributed by atoms with E-state index in [0.29, 0.717) is 18.8 Å². The Bertz CT molecular complexity index is 776. The van der Waals surface area contributed by atoms with E-state index in [2.05, 4.69) is 15.4 Å². The number of nitrogens with one attached hydrogen (secondary N) is 1. The van der Waals surface area contributed by atoms with E-state index in [1.54, 1.807) is 41.5 Å². The van der Waals surface area contributed by atoms with Crippen LogP contribution in [0.25, 0.3) is 17.3 Å². The Kier molecular flexibility index (Phi) is 4.63. The summed E-state index contributed by atoms with van der Waals surface area (Å²) in [7, 11) is 0. The molecule has 3 aromatic rings. The number of aromatic nitrogens is 3. The molecule has 0 spiro atoms. The van der Waals surface area contributed by atoms with Gasteiger partial charge in [0.15, 0.2) is 0 Å². The molecule has 0 aliphatic rings. The average Bonchev–Trinajstić information content (AvgIpc) is 3.26. The molecule has 0 radical (unpaired) electrons. The number of amides is 1. The quantitative estimate of drug-likeness (QED) is 0.710. The first kappa shape index (κ1) is 14.8. The van der Waals surface area contributed by atoms with Crippen molar-refractivity contribution in [3.05, 3.63) is 67.0 Å². The highest BCUT2D eigenvalue weighted by molar-refractivity contribution is 5.91. The van der Waals surface area contributed by atoms with Crippen molar-refractivity contribution < 1.29 is 9.21 Å². The summed E-state index contributed by atoms with van der Waals surface area (Å²) in [4.78, 5) is 15.7. The van der Waals surface area contributed by atoms with Gasteiger partial charge >= 0.3 is 0 Å². The normalized spacial score (nSPS) is 11.0. The number of nitrogens with zero attached hydrogens (tertiary/aromatic N) is 3. The lowest BCUT2D eigenvalue weighted by Crippen LogP contribution is -2.25. The SMILES string of the molecule is O=C(/C=C/c1ccco1)NCCn1ccc(-c2ccncc2)n1. The first-order valence-electron chi connectivity index (χ1n) is 7.24. The van der Waals surface area contributed by atoms with Crippen molar-refractivity contribution in [3.8, 4) is 11.3 Å². The van der Waals surface area contributed by atoms with Gasteiger partial charge in [-0.3, -0.25) is 14.5 Å². The van der Waals surface area contributed by atoms with E-state index in [9.17, 15) is 4.79 Å². The molecule has 23 heavy (non-hydrogen) atoms. The third-order valence-corrected chi connectivity index (χ3v) is 3.20. The molecule has 0 saturated carbocycles. The Labute approximate surface area is 133 Å². The first-order chi connectivity index (χ1) is 11.3. The van der Waals surface area contributed by atoms with Crippen LogP contribution in [0.5, 0.6) is 0 Å². The average molecular weight is 308 g/mol.